The average molecular weight is 150 g/mol. The SMILES string of the molecule is CN=C(C)[Se]C. The van der Waals surface area contributed by atoms with Crippen molar-refractivity contribution >= 4 is 19.6 Å². The van der Waals surface area contributed by atoms with E-state index in [0.717, 1.165) is 0 Å². The molecular formula is C4H9NSe. The zero-order valence-electron chi connectivity index (χ0n) is 4.36. The van der Waals surface area contributed by atoms with Gasteiger partial charge in [0.2, 0.25) is 0 Å². The zero-order valence-corrected chi connectivity index (χ0v) is 6.07. The molecule has 0 aliphatic heterocycles. The summed E-state index contributed by atoms with van der Waals surface area (Å²) in [5.74, 6) is 2.16. The molecule has 0 radical (unpaired) electrons. The van der Waals surface area contributed by atoms with Crippen molar-refractivity contribution < 1.29 is 0 Å². The second-order valence-corrected chi connectivity index (χ2v) is 3.04. The third-order valence-corrected chi connectivity index (χ3v) is 2.23. The van der Waals surface area contributed by atoms with Crippen molar-refractivity contribution in [2.24, 2.45) is 4.99 Å². The second kappa shape index (κ2) is 3.38. The Bertz CT molecular complexity index is 58.6. The fraction of sp³-hybridized carbons (Fsp3) is 0.750. The Morgan fingerprint density at radius 3 is 2.17 bits per heavy atom. The van der Waals surface area contributed by atoms with Gasteiger partial charge in [-0.15, -0.1) is 0 Å². The molecule has 0 fully saturated rings. The summed E-state index contributed by atoms with van der Waals surface area (Å²) >= 11 is 0.634. The summed E-state index contributed by atoms with van der Waals surface area (Å²) in [6.07, 6.45) is 0. The van der Waals surface area contributed by atoms with Crippen LogP contribution in [0.1, 0.15) is 6.92 Å². The Kier molecular flexibility index (Phi) is 3.49. The van der Waals surface area contributed by atoms with Crippen LogP contribution in [0.3, 0.4) is 0 Å². The Balaban J connectivity index is 3.22. The molecule has 0 unspecified atom stereocenters. The molecule has 0 spiro atoms. The summed E-state index contributed by atoms with van der Waals surface area (Å²) in [5, 5.41) is 0. The first-order chi connectivity index (χ1) is 2.81. The summed E-state index contributed by atoms with van der Waals surface area (Å²) < 4.78 is 1.28. The van der Waals surface area contributed by atoms with E-state index in [2.05, 4.69) is 17.7 Å². The first kappa shape index (κ1) is 6.19. The number of nitrogens with zero attached hydrogens (tertiary/aromatic N) is 1. The van der Waals surface area contributed by atoms with Gasteiger partial charge in [0, 0.05) is 0 Å². The average Bonchev–Trinajstić information content (AvgIpc) is 1.65. The molecule has 0 aromatic rings. The standard InChI is InChI=1S/C4H9NSe/c1-4(5-2)6-3/h1-3H3. The number of hydrogen-bond donors (Lipinski definition) is 0. The van der Waals surface area contributed by atoms with Gasteiger partial charge in [-0.05, 0) is 0 Å². The van der Waals surface area contributed by atoms with Gasteiger partial charge in [0.1, 0.15) is 0 Å². The normalized spacial score (nSPS) is 12.2. The Morgan fingerprint density at radius 1 is 1.67 bits per heavy atom. The predicted octanol–water partition coefficient (Wildman–Crippen LogP) is 0.787. The van der Waals surface area contributed by atoms with E-state index in [1.165, 1.54) is 4.61 Å². The molecule has 0 atom stereocenters. The molecule has 0 saturated carbocycles. The molecular weight excluding hydrogens is 141 g/mol. The molecule has 36 valence electrons. The number of rotatable bonds is 1. The summed E-state index contributed by atoms with van der Waals surface area (Å²) in [4.78, 5) is 3.95. The summed E-state index contributed by atoms with van der Waals surface area (Å²) in [5.41, 5.74) is 0. The Hall–Kier alpha value is 0.189. The Labute approximate surface area is 45.0 Å². The van der Waals surface area contributed by atoms with Crippen molar-refractivity contribution in [1.82, 2.24) is 0 Å². The summed E-state index contributed by atoms with van der Waals surface area (Å²) in [6, 6.07) is 0. The molecule has 0 aliphatic carbocycles. The maximum absolute atomic E-state index is 3.95. The van der Waals surface area contributed by atoms with Crippen molar-refractivity contribution in [2.75, 3.05) is 7.05 Å². The van der Waals surface area contributed by atoms with Gasteiger partial charge in [-0.25, -0.2) is 0 Å². The minimum absolute atomic E-state index is 0.634. The van der Waals surface area contributed by atoms with Gasteiger partial charge in [0.05, 0.1) is 0 Å². The van der Waals surface area contributed by atoms with Crippen molar-refractivity contribution in [1.29, 1.82) is 0 Å². The van der Waals surface area contributed by atoms with E-state index < -0.39 is 0 Å². The molecule has 2 heteroatoms. The molecule has 0 saturated heterocycles. The predicted molar refractivity (Wildman–Crippen MR) is 30.7 cm³/mol. The van der Waals surface area contributed by atoms with Gasteiger partial charge >= 0.3 is 44.4 Å². The molecule has 0 amide bonds. The first-order valence-electron chi connectivity index (χ1n) is 1.78. The van der Waals surface area contributed by atoms with Gasteiger partial charge in [-0.3, -0.25) is 0 Å². The fourth-order valence-corrected chi connectivity index (χ4v) is 0.474. The van der Waals surface area contributed by atoms with Crippen LogP contribution in [0, 0.1) is 0 Å². The van der Waals surface area contributed by atoms with E-state index in [1.807, 2.05) is 7.05 Å². The van der Waals surface area contributed by atoms with Crippen LogP contribution < -0.4 is 0 Å². The molecule has 6 heavy (non-hydrogen) atoms. The topological polar surface area (TPSA) is 12.4 Å². The third-order valence-electron chi connectivity index (χ3n) is 0.610. The molecule has 0 aromatic carbocycles. The van der Waals surface area contributed by atoms with Crippen molar-refractivity contribution in [3.63, 3.8) is 0 Å². The van der Waals surface area contributed by atoms with Crippen molar-refractivity contribution in [3.8, 4) is 0 Å². The fourth-order valence-electron chi connectivity index (χ4n) is 0.0913. The molecule has 1 nitrogen and oxygen atoms in total. The van der Waals surface area contributed by atoms with E-state index >= 15 is 0 Å². The van der Waals surface area contributed by atoms with Crippen LogP contribution in [0.2, 0.25) is 5.82 Å². The number of aliphatic imine (C=N–C) groups is 1. The van der Waals surface area contributed by atoms with Crippen LogP contribution >= 0.6 is 0 Å². The van der Waals surface area contributed by atoms with Crippen molar-refractivity contribution in [3.05, 3.63) is 0 Å². The number of hydrogen-bond acceptors (Lipinski definition) is 1. The van der Waals surface area contributed by atoms with Gasteiger partial charge in [-0.2, -0.15) is 0 Å². The Morgan fingerprint density at radius 2 is 2.17 bits per heavy atom. The summed E-state index contributed by atoms with van der Waals surface area (Å²) in [6.45, 7) is 2.06. The molecule has 0 N–H and O–H groups in total. The van der Waals surface area contributed by atoms with Crippen LogP contribution in [-0.4, -0.2) is 26.6 Å². The van der Waals surface area contributed by atoms with E-state index in [1.54, 1.807) is 0 Å². The van der Waals surface area contributed by atoms with Crippen molar-refractivity contribution in [2.45, 2.75) is 12.7 Å². The van der Waals surface area contributed by atoms with Crippen LogP contribution in [0.15, 0.2) is 4.99 Å². The van der Waals surface area contributed by atoms with Gasteiger partial charge in [0.15, 0.2) is 0 Å². The molecule has 0 heterocycles. The molecule has 0 aromatic heterocycles. The zero-order chi connectivity index (χ0) is 4.99. The first-order valence-corrected chi connectivity index (χ1v) is 4.35. The molecule has 0 bridgehead atoms. The van der Waals surface area contributed by atoms with Gasteiger partial charge < -0.3 is 0 Å². The van der Waals surface area contributed by atoms with Crippen LogP contribution in [0.25, 0.3) is 0 Å². The minimum atomic E-state index is 0.634. The maximum atomic E-state index is 3.95. The van der Waals surface area contributed by atoms with Gasteiger partial charge in [-0.1, -0.05) is 0 Å². The van der Waals surface area contributed by atoms with Crippen LogP contribution in [-0.2, 0) is 0 Å². The molecule has 0 aliphatic rings. The third kappa shape index (κ3) is 2.43. The monoisotopic (exact) mass is 151 g/mol. The van der Waals surface area contributed by atoms with E-state index in [9.17, 15) is 0 Å². The summed E-state index contributed by atoms with van der Waals surface area (Å²) in [7, 11) is 1.83. The second-order valence-electron chi connectivity index (χ2n) is 0.947. The van der Waals surface area contributed by atoms with E-state index in [-0.39, 0.29) is 0 Å². The molecule has 0 rings (SSSR count). The van der Waals surface area contributed by atoms with E-state index in [0.29, 0.717) is 15.0 Å². The quantitative estimate of drug-likeness (QED) is 0.387. The van der Waals surface area contributed by atoms with Gasteiger partial charge in [0.25, 0.3) is 0 Å². The van der Waals surface area contributed by atoms with E-state index in [4.69, 9.17) is 0 Å². The van der Waals surface area contributed by atoms with Crippen LogP contribution in [0.4, 0.5) is 0 Å². The van der Waals surface area contributed by atoms with Crippen LogP contribution in [0.5, 0.6) is 0 Å².